The van der Waals surface area contributed by atoms with Crippen LogP contribution in [0.15, 0.2) is 24.3 Å². The van der Waals surface area contributed by atoms with E-state index in [1.54, 1.807) is 0 Å². The highest BCUT2D eigenvalue weighted by Crippen LogP contribution is 2.12. The Kier molecular flexibility index (Phi) is 43.7. The summed E-state index contributed by atoms with van der Waals surface area (Å²) >= 11 is 0. The third kappa shape index (κ3) is 43.4. The van der Waals surface area contributed by atoms with E-state index in [-0.39, 0.29) is 0 Å². The molecule has 0 aliphatic heterocycles. The number of allylic oxidation sites excluding steroid dienone is 4. The van der Waals surface area contributed by atoms with Crippen LogP contribution in [0.1, 0.15) is 213 Å². The summed E-state index contributed by atoms with van der Waals surface area (Å²) in [7, 11) is 0. The zero-order chi connectivity index (χ0) is 33.1. The summed E-state index contributed by atoms with van der Waals surface area (Å²) in [6.45, 7) is 9.92. The lowest BCUT2D eigenvalue weighted by Crippen LogP contribution is -2.24. The van der Waals surface area contributed by atoms with E-state index in [9.17, 15) is 0 Å². The van der Waals surface area contributed by atoms with Crippen molar-refractivity contribution < 1.29 is 9.47 Å². The molecular formula is C43H85NO2. The fourth-order valence-corrected chi connectivity index (χ4v) is 6.05. The van der Waals surface area contributed by atoms with Crippen molar-refractivity contribution in [3.8, 4) is 0 Å². The van der Waals surface area contributed by atoms with Crippen molar-refractivity contribution in [2.75, 3.05) is 39.5 Å². The summed E-state index contributed by atoms with van der Waals surface area (Å²) in [4.78, 5) is 0. The molecule has 0 amide bonds. The minimum atomic E-state index is 0.820. The smallest absolute Gasteiger partial charge is 0.0590 e. The van der Waals surface area contributed by atoms with Gasteiger partial charge in [0.25, 0.3) is 0 Å². The molecular weight excluding hydrogens is 562 g/mol. The van der Waals surface area contributed by atoms with Crippen LogP contribution >= 0.6 is 0 Å². The van der Waals surface area contributed by atoms with E-state index in [0.717, 1.165) is 39.5 Å². The van der Waals surface area contributed by atoms with E-state index in [2.05, 4.69) is 43.5 Å². The van der Waals surface area contributed by atoms with Gasteiger partial charge in [-0.05, 0) is 64.2 Å². The highest BCUT2D eigenvalue weighted by atomic mass is 16.5. The molecule has 0 rings (SSSR count). The fourth-order valence-electron chi connectivity index (χ4n) is 6.05. The first-order valence-electron chi connectivity index (χ1n) is 21.1. The molecule has 0 aliphatic rings. The van der Waals surface area contributed by atoms with Crippen LogP contribution in [0.4, 0.5) is 0 Å². The molecule has 0 radical (unpaired) electrons. The minimum absolute atomic E-state index is 0.820. The zero-order valence-electron chi connectivity index (χ0n) is 31.8. The van der Waals surface area contributed by atoms with E-state index >= 15 is 0 Å². The molecule has 0 aromatic heterocycles. The summed E-state index contributed by atoms with van der Waals surface area (Å²) < 4.78 is 11.6. The van der Waals surface area contributed by atoms with Gasteiger partial charge < -0.3 is 14.8 Å². The Bertz CT molecular complexity index is 525. The van der Waals surface area contributed by atoms with E-state index in [0.29, 0.717) is 0 Å². The minimum Gasteiger partial charge on any atom is -0.380 e. The van der Waals surface area contributed by atoms with Crippen molar-refractivity contribution in [1.82, 2.24) is 5.32 Å². The quantitative estimate of drug-likeness (QED) is 0.0529. The molecule has 3 nitrogen and oxygen atoms in total. The lowest BCUT2D eigenvalue weighted by molar-refractivity contribution is 0.117. The topological polar surface area (TPSA) is 30.5 Å². The Hall–Kier alpha value is -0.640. The van der Waals surface area contributed by atoms with Gasteiger partial charge in [0, 0.05) is 26.3 Å². The van der Waals surface area contributed by atoms with Crippen molar-refractivity contribution in [3.63, 3.8) is 0 Å². The largest absolute Gasteiger partial charge is 0.380 e. The van der Waals surface area contributed by atoms with Crippen molar-refractivity contribution in [3.05, 3.63) is 24.3 Å². The number of nitrogens with one attached hydrogen (secondary N) is 1. The molecule has 3 heteroatoms. The number of hydrogen-bond acceptors (Lipinski definition) is 3. The molecule has 46 heavy (non-hydrogen) atoms. The van der Waals surface area contributed by atoms with Gasteiger partial charge in [-0.2, -0.15) is 0 Å². The van der Waals surface area contributed by atoms with Crippen LogP contribution in [0.2, 0.25) is 0 Å². The maximum Gasteiger partial charge on any atom is 0.0590 e. The highest BCUT2D eigenvalue weighted by molar-refractivity contribution is 4.82. The standard InChI is InChI=1S/C43H85NO2/c1-3-5-7-9-11-13-15-17-19-21-23-25-27-29-31-33-35-37-41-46-43-39-44-38-42-45-40-36-34-32-30-28-26-24-22-20-18-16-14-12-10-8-6-4-2/h19-22,44H,3-18,23-43H2,1-2H3/b21-19-,22-20-. The van der Waals surface area contributed by atoms with Crippen LogP contribution in [0.25, 0.3) is 0 Å². The van der Waals surface area contributed by atoms with Gasteiger partial charge in [-0.15, -0.1) is 0 Å². The molecule has 0 atom stereocenters. The van der Waals surface area contributed by atoms with Crippen LogP contribution in [0, 0.1) is 0 Å². The Morgan fingerprint density at radius 3 is 0.870 bits per heavy atom. The van der Waals surface area contributed by atoms with E-state index in [1.165, 1.54) is 199 Å². The summed E-state index contributed by atoms with van der Waals surface area (Å²) in [5, 5.41) is 3.44. The van der Waals surface area contributed by atoms with Crippen LogP contribution in [0.3, 0.4) is 0 Å². The number of hydrogen-bond donors (Lipinski definition) is 1. The van der Waals surface area contributed by atoms with Crippen LogP contribution in [-0.4, -0.2) is 39.5 Å². The first-order chi connectivity index (χ1) is 22.9. The Morgan fingerprint density at radius 1 is 0.304 bits per heavy atom. The average molecular weight is 648 g/mol. The van der Waals surface area contributed by atoms with Crippen molar-refractivity contribution >= 4 is 0 Å². The monoisotopic (exact) mass is 648 g/mol. The molecule has 1 N–H and O–H groups in total. The molecule has 0 fully saturated rings. The van der Waals surface area contributed by atoms with Crippen molar-refractivity contribution in [2.45, 2.75) is 213 Å². The second-order valence-electron chi connectivity index (χ2n) is 13.9. The van der Waals surface area contributed by atoms with E-state index < -0.39 is 0 Å². The Labute approximate surface area is 290 Å². The number of ether oxygens (including phenoxy) is 2. The summed E-state index contributed by atoms with van der Waals surface area (Å²) in [5.74, 6) is 0. The predicted molar refractivity (Wildman–Crippen MR) is 207 cm³/mol. The molecule has 274 valence electrons. The molecule has 0 aromatic rings. The summed E-state index contributed by atoms with van der Waals surface area (Å²) in [6, 6.07) is 0. The van der Waals surface area contributed by atoms with E-state index in [1.807, 2.05) is 0 Å². The van der Waals surface area contributed by atoms with E-state index in [4.69, 9.17) is 9.47 Å². The lowest BCUT2D eigenvalue weighted by atomic mass is 10.1. The van der Waals surface area contributed by atoms with Gasteiger partial charge in [0.2, 0.25) is 0 Å². The molecule has 0 saturated carbocycles. The molecule has 0 spiro atoms. The molecule has 0 heterocycles. The van der Waals surface area contributed by atoms with Gasteiger partial charge in [0.05, 0.1) is 13.2 Å². The SMILES string of the molecule is CCCCCCCCC/C=C\CCCCCCCCCOCCNCCOCCCCCCCC/C=C\CCCCCCCCC. The zero-order valence-corrected chi connectivity index (χ0v) is 31.8. The second-order valence-corrected chi connectivity index (χ2v) is 13.9. The maximum absolute atomic E-state index is 5.79. The van der Waals surface area contributed by atoms with Gasteiger partial charge >= 0.3 is 0 Å². The predicted octanol–water partition coefficient (Wildman–Crippen LogP) is 13.9. The van der Waals surface area contributed by atoms with Gasteiger partial charge in [-0.3, -0.25) is 0 Å². The number of rotatable bonds is 41. The Morgan fingerprint density at radius 2 is 0.565 bits per heavy atom. The molecule has 0 saturated heterocycles. The summed E-state index contributed by atoms with van der Waals surface area (Å²) in [5.41, 5.74) is 0. The van der Waals surface area contributed by atoms with Crippen molar-refractivity contribution in [2.24, 2.45) is 0 Å². The van der Waals surface area contributed by atoms with Gasteiger partial charge in [-0.25, -0.2) is 0 Å². The second kappa shape index (κ2) is 44.4. The fraction of sp³-hybridized carbons (Fsp3) is 0.907. The van der Waals surface area contributed by atoms with Crippen LogP contribution in [-0.2, 0) is 9.47 Å². The third-order valence-electron chi connectivity index (χ3n) is 9.20. The highest BCUT2D eigenvalue weighted by Gasteiger charge is 1.96. The number of unbranched alkanes of at least 4 members (excludes halogenated alkanes) is 27. The van der Waals surface area contributed by atoms with Gasteiger partial charge in [0.1, 0.15) is 0 Å². The molecule has 0 aliphatic carbocycles. The molecule has 0 bridgehead atoms. The van der Waals surface area contributed by atoms with Gasteiger partial charge in [0.15, 0.2) is 0 Å². The van der Waals surface area contributed by atoms with Crippen molar-refractivity contribution in [1.29, 1.82) is 0 Å². The van der Waals surface area contributed by atoms with Crippen LogP contribution in [0.5, 0.6) is 0 Å². The summed E-state index contributed by atoms with van der Waals surface area (Å²) in [6.07, 6.45) is 52.0. The first-order valence-corrected chi connectivity index (χ1v) is 21.1. The third-order valence-corrected chi connectivity index (χ3v) is 9.20. The van der Waals surface area contributed by atoms with Gasteiger partial charge in [-0.1, -0.05) is 173 Å². The normalized spacial score (nSPS) is 12.0. The Balaban J connectivity index is 3.10. The van der Waals surface area contributed by atoms with Crippen LogP contribution < -0.4 is 5.32 Å². The lowest BCUT2D eigenvalue weighted by Gasteiger charge is -2.07. The maximum atomic E-state index is 5.79. The first kappa shape index (κ1) is 45.4. The molecule has 0 aromatic carbocycles. The average Bonchev–Trinajstić information content (AvgIpc) is 3.07. The molecule has 0 unspecified atom stereocenters.